The third-order valence-electron chi connectivity index (χ3n) is 6.15. The Morgan fingerprint density at radius 2 is 1.69 bits per heavy atom. The molecule has 3 heterocycles. The molecular weight excluding hydrogens is 348 g/mol. The number of amides is 1. The number of carbonyl (C=O) groups is 1. The lowest BCUT2D eigenvalue weighted by Crippen LogP contribution is -2.44. The minimum absolute atomic E-state index is 0. The van der Waals surface area contributed by atoms with Crippen molar-refractivity contribution in [1.82, 2.24) is 10.2 Å². The molecule has 0 spiro atoms. The van der Waals surface area contributed by atoms with Crippen molar-refractivity contribution in [3.8, 4) is 5.75 Å². The summed E-state index contributed by atoms with van der Waals surface area (Å²) >= 11 is 0. The summed E-state index contributed by atoms with van der Waals surface area (Å²) in [6.45, 7) is 3.77. The van der Waals surface area contributed by atoms with Gasteiger partial charge in [-0.2, -0.15) is 0 Å². The Balaban J connectivity index is 0.00000196. The van der Waals surface area contributed by atoms with Crippen LogP contribution in [0.15, 0.2) is 24.3 Å². The van der Waals surface area contributed by atoms with Gasteiger partial charge in [-0.25, -0.2) is 0 Å². The minimum Gasteiger partial charge on any atom is -0.490 e. The van der Waals surface area contributed by atoms with Gasteiger partial charge in [0.2, 0.25) is 5.91 Å². The van der Waals surface area contributed by atoms with Crippen LogP contribution in [0, 0.1) is 12.8 Å². The number of halogens is 1. The molecule has 1 aromatic carbocycles. The number of likely N-dealkylation sites (tertiary alicyclic amines) is 1. The van der Waals surface area contributed by atoms with Crippen molar-refractivity contribution in [3.63, 3.8) is 0 Å². The minimum atomic E-state index is 0. The molecule has 4 rings (SSSR count). The number of aryl methyl sites for hydroxylation is 1. The van der Waals surface area contributed by atoms with Gasteiger partial charge in [-0.1, -0.05) is 17.7 Å². The lowest BCUT2D eigenvalue weighted by atomic mass is 9.89. The van der Waals surface area contributed by atoms with E-state index in [1.165, 1.54) is 31.2 Å². The van der Waals surface area contributed by atoms with Crippen LogP contribution in [0.1, 0.15) is 50.5 Å². The number of nitrogens with one attached hydrogen (secondary N) is 1. The van der Waals surface area contributed by atoms with Gasteiger partial charge < -0.3 is 15.0 Å². The first-order chi connectivity index (χ1) is 12.2. The first-order valence-corrected chi connectivity index (χ1v) is 9.93. The number of piperidine rings is 2. The molecule has 1 N–H and O–H groups in total. The van der Waals surface area contributed by atoms with E-state index in [2.05, 4.69) is 29.3 Å². The van der Waals surface area contributed by atoms with E-state index in [4.69, 9.17) is 4.74 Å². The highest BCUT2D eigenvalue weighted by molar-refractivity contribution is 5.85. The average molecular weight is 379 g/mol. The molecule has 3 fully saturated rings. The normalized spacial score (nSPS) is 28.5. The molecule has 4 nitrogen and oxygen atoms in total. The first kappa shape index (κ1) is 19.5. The molecular formula is C21H31ClN2O2. The predicted octanol–water partition coefficient (Wildman–Crippen LogP) is 3.71. The standard InChI is InChI=1S/C21H30N2O2.ClH/c1-15-2-6-19(7-3-15)25-20-8-10-23(11-9-20)21(24)14-16-12-17-4-5-18(13-16)22-17;/h2-3,6-7,16-18,20,22H,4-5,8-14H2,1H3;1H. The van der Waals surface area contributed by atoms with Gasteiger partial charge in [0.25, 0.3) is 0 Å². The SMILES string of the molecule is Cc1ccc(OC2CCN(C(=O)CC3CC4CCC(C3)N4)CC2)cc1.Cl. The van der Waals surface area contributed by atoms with Crippen LogP contribution in [0.5, 0.6) is 5.75 Å². The molecule has 5 heteroatoms. The maximum Gasteiger partial charge on any atom is 0.222 e. The molecule has 2 bridgehead atoms. The van der Waals surface area contributed by atoms with E-state index in [-0.39, 0.29) is 18.5 Å². The first-order valence-electron chi connectivity index (χ1n) is 9.93. The number of rotatable bonds is 4. The smallest absolute Gasteiger partial charge is 0.222 e. The van der Waals surface area contributed by atoms with Crippen LogP contribution < -0.4 is 10.1 Å². The van der Waals surface area contributed by atoms with Crippen LogP contribution in [0.25, 0.3) is 0 Å². The summed E-state index contributed by atoms with van der Waals surface area (Å²) in [4.78, 5) is 14.7. The molecule has 26 heavy (non-hydrogen) atoms. The average Bonchev–Trinajstić information content (AvgIpc) is 2.96. The molecule has 1 amide bonds. The number of carbonyl (C=O) groups excluding carboxylic acids is 1. The monoisotopic (exact) mass is 378 g/mol. The molecule has 0 radical (unpaired) electrons. The summed E-state index contributed by atoms with van der Waals surface area (Å²) in [6, 6.07) is 9.59. The van der Waals surface area contributed by atoms with Crippen molar-refractivity contribution < 1.29 is 9.53 Å². The zero-order valence-corrected chi connectivity index (χ0v) is 16.5. The highest BCUT2D eigenvalue weighted by atomic mass is 35.5. The maximum absolute atomic E-state index is 12.7. The summed E-state index contributed by atoms with van der Waals surface area (Å²) in [5.41, 5.74) is 1.25. The Morgan fingerprint density at radius 3 is 2.31 bits per heavy atom. The Labute approximate surface area is 163 Å². The molecule has 0 aromatic heterocycles. The summed E-state index contributed by atoms with van der Waals surface area (Å²) < 4.78 is 6.08. The van der Waals surface area contributed by atoms with Crippen LogP contribution in [-0.4, -0.2) is 42.1 Å². The zero-order chi connectivity index (χ0) is 17.2. The van der Waals surface area contributed by atoms with Crippen LogP contribution in [0.2, 0.25) is 0 Å². The molecule has 144 valence electrons. The number of ether oxygens (including phenoxy) is 1. The fourth-order valence-corrected chi connectivity index (χ4v) is 4.75. The van der Waals surface area contributed by atoms with E-state index in [0.29, 0.717) is 23.9 Å². The van der Waals surface area contributed by atoms with E-state index in [9.17, 15) is 4.79 Å². The van der Waals surface area contributed by atoms with Crippen molar-refractivity contribution in [1.29, 1.82) is 0 Å². The van der Waals surface area contributed by atoms with E-state index >= 15 is 0 Å². The van der Waals surface area contributed by atoms with Crippen LogP contribution in [0.4, 0.5) is 0 Å². The van der Waals surface area contributed by atoms with Crippen molar-refractivity contribution >= 4 is 18.3 Å². The Kier molecular flexibility index (Phi) is 6.46. The van der Waals surface area contributed by atoms with Crippen LogP contribution in [0.3, 0.4) is 0 Å². The third kappa shape index (κ3) is 4.72. The van der Waals surface area contributed by atoms with E-state index < -0.39 is 0 Å². The van der Waals surface area contributed by atoms with E-state index in [0.717, 1.165) is 38.1 Å². The second-order valence-corrected chi connectivity index (χ2v) is 8.19. The van der Waals surface area contributed by atoms with Crippen molar-refractivity contribution in [2.45, 2.75) is 70.1 Å². The summed E-state index contributed by atoms with van der Waals surface area (Å²) in [7, 11) is 0. The van der Waals surface area contributed by atoms with Crippen LogP contribution >= 0.6 is 12.4 Å². The number of nitrogens with zero attached hydrogens (tertiary/aromatic N) is 1. The lowest BCUT2D eigenvalue weighted by Gasteiger charge is -2.34. The third-order valence-corrected chi connectivity index (χ3v) is 6.15. The second kappa shape index (κ2) is 8.62. The molecule has 3 aliphatic heterocycles. The Morgan fingerprint density at radius 1 is 1.08 bits per heavy atom. The van der Waals surface area contributed by atoms with Gasteiger partial charge in [-0.3, -0.25) is 4.79 Å². The molecule has 0 aliphatic carbocycles. The summed E-state index contributed by atoms with van der Waals surface area (Å²) in [5, 5.41) is 3.66. The lowest BCUT2D eigenvalue weighted by molar-refractivity contribution is -0.134. The maximum atomic E-state index is 12.7. The van der Waals surface area contributed by atoms with Gasteiger partial charge >= 0.3 is 0 Å². The van der Waals surface area contributed by atoms with Crippen molar-refractivity contribution in [2.24, 2.45) is 5.92 Å². The van der Waals surface area contributed by atoms with Crippen molar-refractivity contribution in [3.05, 3.63) is 29.8 Å². The van der Waals surface area contributed by atoms with Gasteiger partial charge in [0, 0.05) is 44.4 Å². The van der Waals surface area contributed by atoms with E-state index in [1.54, 1.807) is 0 Å². The second-order valence-electron chi connectivity index (χ2n) is 8.19. The number of benzene rings is 1. The van der Waals surface area contributed by atoms with Gasteiger partial charge in [0.15, 0.2) is 0 Å². The molecule has 3 aliphatic rings. The molecule has 3 saturated heterocycles. The van der Waals surface area contributed by atoms with Gasteiger partial charge in [0.05, 0.1) is 0 Å². The van der Waals surface area contributed by atoms with Crippen molar-refractivity contribution in [2.75, 3.05) is 13.1 Å². The zero-order valence-electron chi connectivity index (χ0n) is 15.7. The van der Waals surface area contributed by atoms with Crippen LogP contribution in [-0.2, 0) is 4.79 Å². The van der Waals surface area contributed by atoms with Gasteiger partial charge in [-0.05, 0) is 50.7 Å². The molecule has 2 unspecified atom stereocenters. The van der Waals surface area contributed by atoms with Gasteiger partial charge in [0.1, 0.15) is 11.9 Å². The number of hydrogen-bond acceptors (Lipinski definition) is 3. The number of hydrogen-bond donors (Lipinski definition) is 1. The Bertz CT molecular complexity index is 587. The summed E-state index contributed by atoms with van der Waals surface area (Å²) in [5.74, 6) is 1.90. The molecule has 0 saturated carbocycles. The topological polar surface area (TPSA) is 41.6 Å². The molecule has 2 atom stereocenters. The summed E-state index contributed by atoms with van der Waals surface area (Å²) in [6.07, 6.45) is 7.85. The number of fused-ring (bicyclic) bond motifs is 2. The van der Waals surface area contributed by atoms with Gasteiger partial charge in [-0.15, -0.1) is 12.4 Å². The molecule has 1 aromatic rings. The highest BCUT2D eigenvalue weighted by Crippen LogP contribution is 2.33. The van der Waals surface area contributed by atoms with E-state index in [1.807, 2.05) is 12.1 Å². The highest BCUT2D eigenvalue weighted by Gasteiger charge is 2.35. The Hall–Kier alpha value is -1.26. The fourth-order valence-electron chi connectivity index (χ4n) is 4.75. The largest absolute Gasteiger partial charge is 0.490 e. The quantitative estimate of drug-likeness (QED) is 0.868. The fraction of sp³-hybridized carbons (Fsp3) is 0.667. The predicted molar refractivity (Wildman–Crippen MR) is 106 cm³/mol.